The van der Waals surface area contributed by atoms with Crippen LogP contribution < -0.4 is 4.74 Å². The summed E-state index contributed by atoms with van der Waals surface area (Å²) in [5.41, 5.74) is 0.120. The Kier molecular flexibility index (Phi) is 3.93. The highest BCUT2D eigenvalue weighted by Gasteiger charge is 2.15. The first kappa shape index (κ1) is 14.3. The lowest BCUT2D eigenvalue weighted by Crippen LogP contribution is -1.97. The van der Waals surface area contributed by atoms with E-state index < -0.39 is 16.6 Å². The Morgan fingerprint density at radius 3 is 2.65 bits per heavy atom. The molecule has 0 amide bonds. The minimum Gasteiger partial charge on any atom is -0.436 e. The van der Waals surface area contributed by atoms with Gasteiger partial charge in [0.05, 0.1) is 4.92 Å². The number of aryl methyl sites for hydroxylation is 1. The molecular weight excluding hydrogens is 338 g/mol. The molecule has 0 aliphatic rings. The van der Waals surface area contributed by atoms with Gasteiger partial charge in [-0.1, -0.05) is 15.9 Å². The molecule has 2 aromatic rings. The molecule has 0 N–H and O–H groups in total. The van der Waals surface area contributed by atoms with Crippen LogP contribution in [0.3, 0.4) is 0 Å². The molecule has 0 unspecified atom stereocenters. The molecule has 0 fully saturated rings. The number of aromatic nitrogens is 1. The number of benzene rings is 1. The molecule has 1 heterocycles. The molecule has 0 spiro atoms. The first-order valence-corrected chi connectivity index (χ1v) is 6.11. The molecule has 0 aliphatic carbocycles. The zero-order chi connectivity index (χ0) is 14.9. The van der Waals surface area contributed by atoms with Crippen LogP contribution in [0.2, 0.25) is 0 Å². The van der Waals surface area contributed by atoms with Gasteiger partial charge in [-0.25, -0.2) is 9.37 Å². The first-order chi connectivity index (χ1) is 9.38. The molecule has 2 rings (SSSR count). The smallest absolute Gasteiger partial charge is 0.290 e. The Morgan fingerprint density at radius 1 is 1.35 bits per heavy atom. The van der Waals surface area contributed by atoms with Gasteiger partial charge in [-0.3, -0.25) is 10.1 Å². The van der Waals surface area contributed by atoms with E-state index in [4.69, 9.17) is 4.74 Å². The minimum atomic E-state index is -1.16. The summed E-state index contributed by atoms with van der Waals surface area (Å²) < 4.78 is 32.1. The molecule has 0 atom stereocenters. The number of hydrogen-bond acceptors (Lipinski definition) is 4. The molecule has 0 saturated carbocycles. The van der Waals surface area contributed by atoms with Gasteiger partial charge in [0.1, 0.15) is 6.20 Å². The van der Waals surface area contributed by atoms with Crippen LogP contribution in [0.4, 0.5) is 14.5 Å². The minimum absolute atomic E-state index is 0.0653. The Bertz CT molecular complexity index is 695. The van der Waals surface area contributed by atoms with E-state index in [9.17, 15) is 18.9 Å². The first-order valence-electron chi connectivity index (χ1n) is 5.32. The van der Waals surface area contributed by atoms with Crippen LogP contribution in [0, 0.1) is 28.7 Å². The van der Waals surface area contributed by atoms with Crippen LogP contribution in [0.1, 0.15) is 5.56 Å². The maximum Gasteiger partial charge on any atom is 0.290 e. The van der Waals surface area contributed by atoms with Crippen LogP contribution in [0.5, 0.6) is 11.6 Å². The van der Waals surface area contributed by atoms with E-state index in [1.54, 1.807) is 0 Å². The second kappa shape index (κ2) is 5.49. The van der Waals surface area contributed by atoms with E-state index in [1.165, 1.54) is 19.1 Å². The third kappa shape index (κ3) is 2.90. The van der Waals surface area contributed by atoms with Crippen molar-refractivity contribution in [2.24, 2.45) is 0 Å². The summed E-state index contributed by atoms with van der Waals surface area (Å²) >= 11 is 3.01. The summed E-state index contributed by atoms with van der Waals surface area (Å²) in [6, 6.07) is 3.46. The zero-order valence-corrected chi connectivity index (χ0v) is 11.6. The lowest BCUT2D eigenvalue weighted by Gasteiger charge is -2.07. The van der Waals surface area contributed by atoms with Gasteiger partial charge in [-0.05, 0) is 19.1 Å². The van der Waals surface area contributed by atoms with Crippen molar-refractivity contribution in [1.29, 1.82) is 0 Å². The van der Waals surface area contributed by atoms with Crippen molar-refractivity contribution < 1.29 is 18.4 Å². The monoisotopic (exact) mass is 344 g/mol. The van der Waals surface area contributed by atoms with Crippen molar-refractivity contribution in [3.8, 4) is 11.6 Å². The van der Waals surface area contributed by atoms with Gasteiger partial charge < -0.3 is 4.74 Å². The van der Waals surface area contributed by atoms with Crippen LogP contribution in [0.25, 0.3) is 0 Å². The number of nitrogens with zero attached hydrogens (tertiary/aromatic N) is 2. The molecule has 0 radical (unpaired) electrons. The molecule has 8 heteroatoms. The second-order valence-electron chi connectivity index (χ2n) is 3.87. The van der Waals surface area contributed by atoms with Crippen LogP contribution in [-0.2, 0) is 0 Å². The van der Waals surface area contributed by atoms with Crippen LogP contribution in [0.15, 0.2) is 28.9 Å². The van der Waals surface area contributed by atoms with E-state index in [2.05, 4.69) is 20.9 Å². The van der Waals surface area contributed by atoms with Gasteiger partial charge in [0.25, 0.3) is 5.69 Å². The van der Waals surface area contributed by atoms with Crippen molar-refractivity contribution in [2.45, 2.75) is 6.92 Å². The number of ether oxygens (including phenoxy) is 1. The molecule has 1 aromatic heterocycles. The summed E-state index contributed by atoms with van der Waals surface area (Å²) in [5.74, 6) is -2.67. The average Bonchev–Trinajstić information content (AvgIpc) is 2.35. The Balaban J connectivity index is 2.36. The highest BCUT2D eigenvalue weighted by molar-refractivity contribution is 9.10. The summed E-state index contributed by atoms with van der Waals surface area (Å²) in [7, 11) is 0. The topological polar surface area (TPSA) is 65.3 Å². The third-order valence-electron chi connectivity index (χ3n) is 2.43. The number of hydrogen-bond donors (Lipinski definition) is 0. The molecule has 0 aliphatic heterocycles. The normalized spacial score (nSPS) is 10.4. The lowest BCUT2D eigenvalue weighted by atomic mass is 10.2. The van der Waals surface area contributed by atoms with E-state index in [1.807, 2.05) is 0 Å². The summed E-state index contributed by atoms with van der Waals surface area (Å²) in [6.07, 6.45) is 0.997. The van der Waals surface area contributed by atoms with Gasteiger partial charge in [0, 0.05) is 16.1 Å². The fraction of sp³-hybridized carbons (Fsp3) is 0.0833. The third-order valence-corrected chi connectivity index (χ3v) is 2.89. The van der Waals surface area contributed by atoms with Crippen molar-refractivity contribution in [1.82, 2.24) is 4.98 Å². The predicted molar refractivity (Wildman–Crippen MR) is 69.8 cm³/mol. The molecule has 1 aromatic carbocycles. The van der Waals surface area contributed by atoms with Crippen molar-refractivity contribution in [3.05, 3.63) is 56.2 Å². The largest absolute Gasteiger partial charge is 0.436 e. The van der Waals surface area contributed by atoms with Gasteiger partial charge in [0.15, 0.2) is 11.6 Å². The number of pyridine rings is 1. The highest BCUT2D eigenvalue weighted by Crippen LogP contribution is 2.30. The van der Waals surface area contributed by atoms with E-state index >= 15 is 0 Å². The summed E-state index contributed by atoms with van der Waals surface area (Å²) in [4.78, 5) is 13.7. The number of halogens is 3. The molecule has 20 heavy (non-hydrogen) atoms. The molecule has 5 nitrogen and oxygen atoms in total. The quantitative estimate of drug-likeness (QED) is 0.477. The standard InChI is InChI=1S/C12H7BrF2N2O3/c1-6-2-11(16-5-9(6)17(18)19)20-10-4-7(13)3-8(14)12(10)15/h2-5H,1H3. The Labute approximate surface area is 120 Å². The molecule has 104 valence electrons. The van der Waals surface area contributed by atoms with Crippen molar-refractivity contribution >= 4 is 21.6 Å². The van der Waals surface area contributed by atoms with Gasteiger partial charge >= 0.3 is 0 Å². The van der Waals surface area contributed by atoms with Gasteiger partial charge in [-0.2, -0.15) is 4.39 Å². The van der Waals surface area contributed by atoms with Gasteiger partial charge in [-0.15, -0.1) is 0 Å². The average molecular weight is 345 g/mol. The van der Waals surface area contributed by atoms with Crippen LogP contribution in [-0.4, -0.2) is 9.91 Å². The van der Waals surface area contributed by atoms with E-state index in [0.717, 1.165) is 12.3 Å². The fourth-order valence-electron chi connectivity index (χ4n) is 1.49. The van der Waals surface area contributed by atoms with E-state index in [0.29, 0.717) is 10.0 Å². The zero-order valence-electron chi connectivity index (χ0n) is 10.1. The summed E-state index contributed by atoms with van der Waals surface area (Å²) in [5, 5.41) is 10.6. The molecular formula is C12H7BrF2N2O3. The highest BCUT2D eigenvalue weighted by atomic mass is 79.9. The number of rotatable bonds is 3. The maximum absolute atomic E-state index is 13.5. The van der Waals surface area contributed by atoms with Crippen molar-refractivity contribution in [2.75, 3.05) is 0 Å². The Morgan fingerprint density at radius 2 is 2.05 bits per heavy atom. The van der Waals surface area contributed by atoms with E-state index in [-0.39, 0.29) is 17.3 Å². The van der Waals surface area contributed by atoms with Crippen LogP contribution >= 0.6 is 15.9 Å². The SMILES string of the molecule is Cc1cc(Oc2cc(Br)cc(F)c2F)ncc1[N+](=O)[O-]. The predicted octanol–water partition coefficient (Wildman–Crippen LogP) is 4.13. The second-order valence-corrected chi connectivity index (χ2v) is 4.78. The Hall–Kier alpha value is -2.09. The summed E-state index contributed by atoms with van der Waals surface area (Å²) in [6.45, 7) is 1.49. The fourth-order valence-corrected chi connectivity index (χ4v) is 1.90. The number of nitro groups is 1. The maximum atomic E-state index is 13.5. The molecule has 0 bridgehead atoms. The van der Waals surface area contributed by atoms with Gasteiger partial charge in [0.2, 0.25) is 11.7 Å². The van der Waals surface area contributed by atoms with Crippen molar-refractivity contribution in [3.63, 3.8) is 0 Å². The lowest BCUT2D eigenvalue weighted by molar-refractivity contribution is -0.385. The molecule has 0 saturated heterocycles.